The molecule has 2 atom stereocenters. The first-order valence-electron chi connectivity index (χ1n) is 6.93. The summed E-state index contributed by atoms with van der Waals surface area (Å²) in [6.07, 6.45) is 2.57. The molecule has 1 amide bonds. The van der Waals surface area contributed by atoms with Crippen LogP contribution in [0.25, 0.3) is 0 Å². The smallest absolute Gasteiger partial charge is 0.303 e. The summed E-state index contributed by atoms with van der Waals surface area (Å²) in [5.41, 5.74) is 5.60. The molecule has 19 heavy (non-hydrogen) atoms. The van der Waals surface area contributed by atoms with Gasteiger partial charge in [0.2, 0.25) is 5.91 Å². The molecule has 0 heterocycles. The van der Waals surface area contributed by atoms with Crippen LogP contribution >= 0.6 is 0 Å². The summed E-state index contributed by atoms with van der Waals surface area (Å²) in [5.74, 6) is -0.569. The highest BCUT2D eigenvalue weighted by Gasteiger charge is 2.27. The lowest BCUT2D eigenvalue weighted by atomic mass is 9.87. The maximum atomic E-state index is 11.8. The number of amides is 1. The van der Waals surface area contributed by atoms with Crippen LogP contribution in [0.1, 0.15) is 53.4 Å². The van der Waals surface area contributed by atoms with Crippen molar-refractivity contribution in [2.75, 3.05) is 6.54 Å². The van der Waals surface area contributed by atoms with Gasteiger partial charge in [-0.05, 0) is 24.2 Å². The Morgan fingerprint density at radius 1 is 1.26 bits per heavy atom. The van der Waals surface area contributed by atoms with Crippen LogP contribution < -0.4 is 11.1 Å². The number of hydrogen-bond acceptors (Lipinski definition) is 3. The maximum absolute atomic E-state index is 11.8. The van der Waals surface area contributed by atoms with E-state index in [4.69, 9.17) is 10.8 Å². The van der Waals surface area contributed by atoms with Crippen molar-refractivity contribution in [2.24, 2.45) is 17.1 Å². The number of carbonyl (C=O) groups is 2. The number of hydrogen-bond donors (Lipinski definition) is 3. The van der Waals surface area contributed by atoms with Crippen molar-refractivity contribution < 1.29 is 14.7 Å². The Balaban J connectivity index is 4.00. The number of nitrogens with one attached hydrogen (secondary N) is 1. The zero-order valence-corrected chi connectivity index (χ0v) is 12.5. The first-order valence-corrected chi connectivity index (χ1v) is 6.93. The second-order valence-electron chi connectivity index (χ2n) is 6.13. The fraction of sp³-hybridized carbons (Fsp3) is 0.857. The lowest BCUT2D eigenvalue weighted by molar-refractivity contribution is -0.137. The van der Waals surface area contributed by atoms with Crippen LogP contribution in [0.2, 0.25) is 0 Å². The summed E-state index contributed by atoms with van der Waals surface area (Å²) >= 11 is 0. The number of nitrogens with two attached hydrogens (primary N) is 1. The van der Waals surface area contributed by atoms with Gasteiger partial charge in [-0.25, -0.2) is 0 Å². The molecule has 4 N–H and O–H groups in total. The quantitative estimate of drug-likeness (QED) is 0.627. The van der Waals surface area contributed by atoms with Gasteiger partial charge in [0.1, 0.15) is 0 Å². The predicted octanol–water partition coefficient (Wildman–Crippen LogP) is 1.76. The van der Waals surface area contributed by atoms with Gasteiger partial charge in [0.15, 0.2) is 0 Å². The average Bonchev–Trinajstić information content (AvgIpc) is 2.30. The van der Waals surface area contributed by atoms with E-state index in [1.54, 1.807) is 0 Å². The van der Waals surface area contributed by atoms with Crippen molar-refractivity contribution in [3.8, 4) is 0 Å². The third-order valence-electron chi connectivity index (χ3n) is 3.41. The van der Waals surface area contributed by atoms with E-state index in [9.17, 15) is 9.59 Å². The SMILES string of the molecule is CCC(CCNC(=O)[C@H](N)C(C)(C)C)CCC(=O)O. The highest BCUT2D eigenvalue weighted by molar-refractivity contribution is 5.82. The Hall–Kier alpha value is -1.10. The van der Waals surface area contributed by atoms with Gasteiger partial charge in [0.05, 0.1) is 6.04 Å². The molecule has 0 rings (SSSR count). The Morgan fingerprint density at radius 2 is 1.84 bits per heavy atom. The molecule has 0 aromatic carbocycles. The van der Waals surface area contributed by atoms with E-state index in [1.165, 1.54) is 0 Å². The summed E-state index contributed by atoms with van der Waals surface area (Å²) in [4.78, 5) is 22.3. The van der Waals surface area contributed by atoms with Crippen molar-refractivity contribution in [3.05, 3.63) is 0 Å². The molecule has 1 unspecified atom stereocenters. The molecule has 0 spiro atoms. The molecular formula is C14H28N2O3. The first kappa shape index (κ1) is 17.9. The fourth-order valence-electron chi connectivity index (χ4n) is 1.78. The summed E-state index contributed by atoms with van der Waals surface area (Å²) in [5, 5.41) is 11.5. The van der Waals surface area contributed by atoms with Crippen LogP contribution in [0.15, 0.2) is 0 Å². The van der Waals surface area contributed by atoms with Crippen LogP contribution in [0.4, 0.5) is 0 Å². The molecule has 112 valence electrons. The van der Waals surface area contributed by atoms with Crippen molar-refractivity contribution >= 4 is 11.9 Å². The number of aliphatic carboxylic acids is 1. The molecule has 0 fully saturated rings. The minimum atomic E-state index is -0.766. The van der Waals surface area contributed by atoms with E-state index >= 15 is 0 Å². The first-order chi connectivity index (χ1) is 8.68. The summed E-state index contributed by atoms with van der Waals surface area (Å²) in [6.45, 7) is 8.38. The van der Waals surface area contributed by atoms with E-state index in [0.29, 0.717) is 18.9 Å². The fourth-order valence-corrected chi connectivity index (χ4v) is 1.78. The molecule has 0 bridgehead atoms. The Morgan fingerprint density at radius 3 is 2.26 bits per heavy atom. The molecule has 5 nitrogen and oxygen atoms in total. The number of carboxylic acid groups (broad SMARTS) is 1. The summed E-state index contributed by atoms with van der Waals surface area (Å²) in [7, 11) is 0. The van der Waals surface area contributed by atoms with Gasteiger partial charge in [0, 0.05) is 13.0 Å². The van der Waals surface area contributed by atoms with Crippen molar-refractivity contribution in [2.45, 2.75) is 59.4 Å². The molecule has 0 aliphatic rings. The lowest BCUT2D eigenvalue weighted by Gasteiger charge is -2.26. The highest BCUT2D eigenvalue weighted by Crippen LogP contribution is 2.18. The van der Waals surface area contributed by atoms with Gasteiger partial charge in [-0.1, -0.05) is 34.1 Å². The van der Waals surface area contributed by atoms with Crippen molar-refractivity contribution in [3.63, 3.8) is 0 Å². The zero-order valence-electron chi connectivity index (χ0n) is 12.5. The standard InChI is InChI=1S/C14H28N2O3/c1-5-10(6-7-11(17)18)8-9-16-13(19)12(15)14(2,3)4/h10,12H,5-9,15H2,1-4H3,(H,16,19)(H,17,18)/t10?,12-/m0/s1. The number of rotatable bonds is 8. The van der Waals surface area contributed by atoms with E-state index in [1.807, 2.05) is 27.7 Å². The molecule has 0 saturated carbocycles. The molecule has 0 aromatic heterocycles. The average molecular weight is 272 g/mol. The zero-order chi connectivity index (χ0) is 15.1. The molecule has 0 aliphatic carbocycles. The van der Waals surface area contributed by atoms with E-state index in [-0.39, 0.29) is 17.7 Å². The largest absolute Gasteiger partial charge is 0.481 e. The minimum absolute atomic E-state index is 0.138. The normalized spacial score (nSPS) is 14.8. The summed E-state index contributed by atoms with van der Waals surface area (Å²) < 4.78 is 0. The second-order valence-corrected chi connectivity index (χ2v) is 6.13. The van der Waals surface area contributed by atoms with Crippen LogP contribution in [-0.4, -0.2) is 29.6 Å². The third-order valence-corrected chi connectivity index (χ3v) is 3.41. The third kappa shape index (κ3) is 7.82. The topological polar surface area (TPSA) is 92.4 Å². The molecule has 0 aliphatic heterocycles. The Bertz CT molecular complexity index is 298. The van der Waals surface area contributed by atoms with Gasteiger partial charge in [0.25, 0.3) is 0 Å². The minimum Gasteiger partial charge on any atom is -0.481 e. The maximum Gasteiger partial charge on any atom is 0.303 e. The molecule has 0 radical (unpaired) electrons. The molecule has 5 heteroatoms. The van der Waals surface area contributed by atoms with Gasteiger partial charge in [-0.15, -0.1) is 0 Å². The van der Waals surface area contributed by atoms with E-state index in [0.717, 1.165) is 12.8 Å². The second kappa shape index (κ2) is 8.15. The van der Waals surface area contributed by atoms with Gasteiger partial charge < -0.3 is 16.2 Å². The van der Waals surface area contributed by atoms with Crippen molar-refractivity contribution in [1.29, 1.82) is 0 Å². The molecular weight excluding hydrogens is 244 g/mol. The van der Waals surface area contributed by atoms with E-state index in [2.05, 4.69) is 5.32 Å². The Labute approximate surface area is 115 Å². The predicted molar refractivity (Wildman–Crippen MR) is 75.7 cm³/mol. The number of carbonyl (C=O) groups excluding carboxylic acids is 1. The van der Waals surface area contributed by atoms with Gasteiger partial charge in [-0.3, -0.25) is 9.59 Å². The van der Waals surface area contributed by atoms with Crippen LogP contribution in [0, 0.1) is 11.3 Å². The summed E-state index contributed by atoms with van der Waals surface area (Å²) in [6, 6.07) is -0.522. The van der Waals surface area contributed by atoms with Gasteiger partial charge in [-0.2, -0.15) is 0 Å². The number of carboxylic acids is 1. The van der Waals surface area contributed by atoms with Crippen LogP contribution in [0.5, 0.6) is 0 Å². The van der Waals surface area contributed by atoms with Gasteiger partial charge >= 0.3 is 5.97 Å². The van der Waals surface area contributed by atoms with E-state index < -0.39 is 12.0 Å². The lowest BCUT2D eigenvalue weighted by Crippen LogP contribution is -2.48. The Kier molecular flexibility index (Phi) is 7.68. The van der Waals surface area contributed by atoms with Crippen LogP contribution in [0.3, 0.4) is 0 Å². The molecule has 0 aromatic rings. The monoisotopic (exact) mass is 272 g/mol. The molecule has 0 saturated heterocycles. The van der Waals surface area contributed by atoms with Crippen LogP contribution in [-0.2, 0) is 9.59 Å². The highest BCUT2D eigenvalue weighted by atomic mass is 16.4. The van der Waals surface area contributed by atoms with Crippen molar-refractivity contribution in [1.82, 2.24) is 5.32 Å².